The van der Waals surface area contributed by atoms with E-state index in [1.807, 2.05) is 6.07 Å². The Kier molecular flexibility index (Phi) is 3.50. The maximum absolute atomic E-state index is 11.9. The van der Waals surface area contributed by atoms with Gasteiger partial charge in [-0.1, -0.05) is 6.07 Å². The van der Waals surface area contributed by atoms with E-state index in [4.69, 9.17) is 10.5 Å². The molecule has 2 N–H and O–H groups in total. The van der Waals surface area contributed by atoms with Crippen molar-refractivity contribution in [1.29, 1.82) is 0 Å². The van der Waals surface area contributed by atoms with Crippen LogP contribution in [0, 0.1) is 5.92 Å². The van der Waals surface area contributed by atoms with Gasteiger partial charge in [-0.3, -0.25) is 9.59 Å². The van der Waals surface area contributed by atoms with Gasteiger partial charge in [-0.15, -0.1) is 0 Å². The van der Waals surface area contributed by atoms with Crippen LogP contribution in [0.4, 0.5) is 11.4 Å². The summed E-state index contributed by atoms with van der Waals surface area (Å²) in [6.45, 7) is 2.45. The Bertz CT molecular complexity index is 473. The topological polar surface area (TPSA) is 72.6 Å². The quantitative estimate of drug-likeness (QED) is 0.644. The summed E-state index contributed by atoms with van der Waals surface area (Å²) in [5.41, 5.74) is 7.01. The van der Waals surface area contributed by atoms with Crippen LogP contribution in [0.1, 0.15) is 13.3 Å². The third-order valence-corrected chi connectivity index (χ3v) is 2.93. The van der Waals surface area contributed by atoms with E-state index in [2.05, 4.69) is 0 Å². The smallest absolute Gasteiger partial charge is 0.311 e. The maximum atomic E-state index is 11.9. The van der Waals surface area contributed by atoms with Crippen molar-refractivity contribution >= 4 is 23.3 Å². The molecule has 0 saturated carbocycles. The summed E-state index contributed by atoms with van der Waals surface area (Å²) in [5.74, 6) is -0.755. The number of ether oxygens (including phenoxy) is 1. The summed E-state index contributed by atoms with van der Waals surface area (Å²) in [6.07, 6.45) is 0.202. The number of hydrogen-bond donors (Lipinski definition) is 1. The van der Waals surface area contributed by atoms with Crippen LogP contribution in [0.25, 0.3) is 0 Å². The molecule has 18 heavy (non-hydrogen) atoms. The molecule has 1 aromatic rings. The van der Waals surface area contributed by atoms with E-state index in [0.717, 1.165) is 5.69 Å². The van der Waals surface area contributed by atoms with Crippen LogP contribution in [-0.2, 0) is 14.3 Å². The van der Waals surface area contributed by atoms with Crippen molar-refractivity contribution in [3.05, 3.63) is 24.3 Å². The lowest BCUT2D eigenvalue weighted by molar-refractivity contribution is -0.147. The molecule has 0 aromatic heterocycles. The Labute approximate surface area is 106 Å². The number of carbonyl (C=O) groups excluding carboxylic acids is 2. The van der Waals surface area contributed by atoms with Crippen molar-refractivity contribution < 1.29 is 14.3 Å². The second-order valence-corrected chi connectivity index (χ2v) is 4.25. The summed E-state index contributed by atoms with van der Waals surface area (Å²) in [7, 11) is 0. The molecule has 0 radical (unpaired) electrons. The zero-order chi connectivity index (χ0) is 13.1. The van der Waals surface area contributed by atoms with E-state index >= 15 is 0 Å². The summed E-state index contributed by atoms with van der Waals surface area (Å²) in [5, 5.41) is 0. The van der Waals surface area contributed by atoms with Gasteiger partial charge in [-0.25, -0.2) is 0 Å². The molecule has 96 valence electrons. The van der Waals surface area contributed by atoms with E-state index in [1.165, 1.54) is 0 Å². The van der Waals surface area contributed by atoms with Gasteiger partial charge in [0.25, 0.3) is 0 Å². The first kappa shape index (κ1) is 12.4. The highest BCUT2D eigenvalue weighted by atomic mass is 16.5. The Morgan fingerprint density at radius 1 is 1.56 bits per heavy atom. The number of amides is 1. The number of nitrogens with zero attached hydrogens (tertiary/aromatic N) is 1. The monoisotopic (exact) mass is 248 g/mol. The molecule has 1 fully saturated rings. The summed E-state index contributed by atoms with van der Waals surface area (Å²) in [6, 6.07) is 7.08. The Hall–Kier alpha value is -2.04. The van der Waals surface area contributed by atoms with E-state index in [0.29, 0.717) is 18.8 Å². The van der Waals surface area contributed by atoms with Crippen molar-refractivity contribution in [2.45, 2.75) is 13.3 Å². The minimum absolute atomic E-state index is 0.0707. The van der Waals surface area contributed by atoms with E-state index < -0.39 is 0 Å². The van der Waals surface area contributed by atoms with Crippen molar-refractivity contribution in [2.24, 2.45) is 5.92 Å². The third kappa shape index (κ3) is 2.45. The predicted molar refractivity (Wildman–Crippen MR) is 67.9 cm³/mol. The fourth-order valence-corrected chi connectivity index (χ4v) is 2.07. The number of nitrogen functional groups attached to an aromatic ring is 1. The lowest BCUT2D eigenvalue weighted by Crippen LogP contribution is -2.26. The normalized spacial score (nSPS) is 19.1. The molecule has 1 aliphatic heterocycles. The molecule has 1 unspecified atom stereocenters. The molecule has 2 rings (SSSR count). The zero-order valence-corrected chi connectivity index (χ0v) is 10.3. The molecule has 0 aliphatic carbocycles. The largest absolute Gasteiger partial charge is 0.466 e. The number of nitrogens with two attached hydrogens (primary N) is 1. The predicted octanol–water partition coefficient (Wildman–Crippen LogP) is 1.18. The molecule has 1 saturated heterocycles. The van der Waals surface area contributed by atoms with Crippen molar-refractivity contribution in [3.63, 3.8) is 0 Å². The van der Waals surface area contributed by atoms with Crippen molar-refractivity contribution in [2.75, 3.05) is 23.8 Å². The van der Waals surface area contributed by atoms with Gasteiger partial charge >= 0.3 is 5.97 Å². The Morgan fingerprint density at radius 3 is 3.00 bits per heavy atom. The molecule has 0 bridgehead atoms. The molecule has 1 aliphatic rings. The van der Waals surface area contributed by atoms with Gasteiger partial charge in [0.05, 0.1) is 12.5 Å². The first-order chi connectivity index (χ1) is 8.61. The Balaban J connectivity index is 2.12. The van der Waals surface area contributed by atoms with Gasteiger partial charge in [0, 0.05) is 24.3 Å². The van der Waals surface area contributed by atoms with E-state index in [9.17, 15) is 9.59 Å². The van der Waals surface area contributed by atoms with Gasteiger partial charge in [-0.2, -0.15) is 0 Å². The van der Waals surface area contributed by atoms with Crippen LogP contribution < -0.4 is 10.6 Å². The third-order valence-electron chi connectivity index (χ3n) is 2.93. The highest BCUT2D eigenvalue weighted by Crippen LogP contribution is 2.26. The molecule has 0 spiro atoms. The average molecular weight is 248 g/mol. The van der Waals surface area contributed by atoms with Crippen LogP contribution in [-0.4, -0.2) is 25.0 Å². The van der Waals surface area contributed by atoms with Gasteiger partial charge in [0.15, 0.2) is 0 Å². The molecule has 1 aromatic carbocycles. The second-order valence-electron chi connectivity index (χ2n) is 4.25. The highest BCUT2D eigenvalue weighted by molar-refractivity contribution is 5.99. The van der Waals surface area contributed by atoms with Crippen molar-refractivity contribution in [3.8, 4) is 0 Å². The number of hydrogen-bond acceptors (Lipinski definition) is 4. The second kappa shape index (κ2) is 5.08. The van der Waals surface area contributed by atoms with Crippen LogP contribution in [0.2, 0.25) is 0 Å². The molecule has 5 nitrogen and oxygen atoms in total. The first-order valence-corrected chi connectivity index (χ1v) is 5.94. The lowest BCUT2D eigenvalue weighted by Gasteiger charge is -2.16. The number of benzene rings is 1. The average Bonchev–Trinajstić information content (AvgIpc) is 2.72. The summed E-state index contributed by atoms with van der Waals surface area (Å²) >= 11 is 0. The van der Waals surface area contributed by atoms with E-state index in [1.54, 1.807) is 30.0 Å². The molecule has 1 heterocycles. The van der Waals surface area contributed by atoms with Gasteiger partial charge in [-0.05, 0) is 25.1 Å². The van der Waals surface area contributed by atoms with Crippen molar-refractivity contribution in [1.82, 2.24) is 0 Å². The molecule has 5 heteroatoms. The Morgan fingerprint density at radius 2 is 2.33 bits per heavy atom. The zero-order valence-electron chi connectivity index (χ0n) is 10.3. The number of esters is 1. The lowest BCUT2D eigenvalue weighted by atomic mass is 10.1. The van der Waals surface area contributed by atoms with Crippen LogP contribution in [0.3, 0.4) is 0 Å². The number of carbonyl (C=O) groups is 2. The fourth-order valence-electron chi connectivity index (χ4n) is 2.07. The molecular formula is C13H16N2O3. The fraction of sp³-hybridized carbons (Fsp3) is 0.385. The minimum atomic E-state index is -0.376. The highest BCUT2D eigenvalue weighted by Gasteiger charge is 2.35. The van der Waals surface area contributed by atoms with Crippen LogP contribution >= 0.6 is 0 Å². The van der Waals surface area contributed by atoms with E-state index in [-0.39, 0.29) is 24.2 Å². The number of rotatable bonds is 3. The molecular weight excluding hydrogens is 232 g/mol. The molecule has 1 atom stereocenters. The number of anilines is 2. The van der Waals surface area contributed by atoms with Crippen LogP contribution in [0.5, 0.6) is 0 Å². The summed E-state index contributed by atoms with van der Waals surface area (Å²) < 4.78 is 4.94. The van der Waals surface area contributed by atoms with Crippen LogP contribution in [0.15, 0.2) is 24.3 Å². The molecule has 1 amide bonds. The van der Waals surface area contributed by atoms with Gasteiger partial charge < -0.3 is 15.4 Å². The van der Waals surface area contributed by atoms with Gasteiger partial charge in [0.1, 0.15) is 0 Å². The minimum Gasteiger partial charge on any atom is -0.466 e. The summed E-state index contributed by atoms with van der Waals surface area (Å²) in [4.78, 5) is 25.1. The SMILES string of the molecule is CCOC(=O)C1CC(=O)N(c2cccc(N)c2)C1. The maximum Gasteiger partial charge on any atom is 0.311 e. The van der Waals surface area contributed by atoms with Gasteiger partial charge in [0.2, 0.25) is 5.91 Å². The first-order valence-electron chi connectivity index (χ1n) is 5.94. The standard InChI is InChI=1S/C13H16N2O3/c1-2-18-13(17)9-6-12(16)15(8-9)11-5-3-4-10(14)7-11/h3-5,7,9H,2,6,8,14H2,1H3.